The van der Waals surface area contributed by atoms with Gasteiger partial charge in [0.25, 0.3) is 0 Å². The Hall–Kier alpha value is -2.34. The Kier molecular flexibility index (Phi) is 5.55. The number of amides is 1. The van der Waals surface area contributed by atoms with Crippen LogP contribution in [-0.2, 0) is 17.8 Å². The summed E-state index contributed by atoms with van der Waals surface area (Å²) in [5.74, 6) is 1.48. The van der Waals surface area contributed by atoms with Gasteiger partial charge in [0.05, 0.1) is 17.7 Å². The number of rotatable bonds is 7. The molecule has 22 heavy (non-hydrogen) atoms. The van der Waals surface area contributed by atoms with Gasteiger partial charge in [0.1, 0.15) is 18.1 Å². The second-order valence-electron chi connectivity index (χ2n) is 5.05. The van der Waals surface area contributed by atoms with Crippen molar-refractivity contribution < 1.29 is 14.1 Å². The highest BCUT2D eigenvalue weighted by atomic mass is 16.5. The van der Waals surface area contributed by atoms with Crippen molar-refractivity contribution >= 4 is 5.91 Å². The molecular weight excluding hydrogens is 282 g/mol. The highest BCUT2D eigenvalue weighted by Gasteiger charge is 2.09. The van der Waals surface area contributed by atoms with E-state index in [0.717, 1.165) is 28.3 Å². The van der Waals surface area contributed by atoms with Gasteiger partial charge in [0, 0.05) is 13.1 Å². The van der Waals surface area contributed by atoms with E-state index in [2.05, 4.69) is 10.5 Å². The summed E-state index contributed by atoms with van der Waals surface area (Å²) < 4.78 is 10.8. The van der Waals surface area contributed by atoms with Crippen LogP contribution in [0.15, 0.2) is 28.8 Å². The third kappa shape index (κ3) is 4.33. The van der Waals surface area contributed by atoms with Gasteiger partial charge < -0.3 is 20.3 Å². The molecule has 0 bridgehead atoms. The van der Waals surface area contributed by atoms with Gasteiger partial charge in [-0.15, -0.1) is 0 Å². The van der Waals surface area contributed by atoms with Crippen LogP contribution >= 0.6 is 0 Å². The minimum atomic E-state index is -0.0326. The van der Waals surface area contributed by atoms with Crippen molar-refractivity contribution in [1.82, 2.24) is 10.5 Å². The smallest absolute Gasteiger partial charge is 0.224 e. The summed E-state index contributed by atoms with van der Waals surface area (Å²) in [6.45, 7) is 5.11. The number of aryl methyl sites for hydroxylation is 2. The van der Waals surface area contributed by atoms with Gasteiger partial charge in [-0.3, -0.25) is 4.79 Å². The predicted molar refractivity (Wildman–Crippen MR) is 82.5 cm³/mol. The number of carbonyl (C=O) groups is 1. The number of benzene rings is 1. The third-order valence-corrected chi connectivity index (χ3v) is 3.32. The molecule has 2 rings (SSSR count). The second-order valence-corrected chi connectivity index (χ2v) is 5.05. The van der Waals surface area contributed by atoms with Crippen LogP contribution in [0.4, 0.5) is 0 Å². The zero-order valence-electron chi connectivity index (χ0n) is 12.9. The number of nitrogens with one attached hydrogen (secondary N) is 1. The lowest BCUT2D eigenvalue weighted by atomic mass is 10.1. The van der Waals surface area contributed by atoms with Crippen LogP contribution in [-0.4, -0.2) is 24.2 Å². The Morgan fingerprint density at radius 3 is 2.64 bits per heavy atom. The molecule has 6 heteroatoms. The van der Waals surface area contributed by atoms with Crippen molar-refractivity contribution in [2.45, 2.75) is 26.9 Å². The van der Waals surface area contributed by atoms with Crippen molar-refractivity contribution in [2.75, 3.05) is 13.1 Å². The van der Waals surface area contributed by atoms with Crippen LogP contribution < -0.4 is 15.8 Å². The number of hydrogen-bond acceptors (Lipinski definition) is 5. The molecule has 1 aromatic heterocycles. The van der Waals surface area contributed by atoms with Crippen LogP contribution in [0.25, 0.3) is 0 Å². The average molecular weight is 303 g/mol. The molecule has 0 fully saturated rings. The lowest BCUT2D eigenvalue weighted by Gasteiger charge is -2.07. The number of ether oxygens (including phenoxy) is 1. The second kappa shape index (κ2) is 7.61. The number of carbonyl (C=O) groups excluding carboxylic acids is 1. The fraction of sp³-hybridized carbons (Fsp3) is 0.375. The van der Waals surface area contributed by atoms with Gasteiger partial charge >= 0.3 is 0 Å². The fourth-order valence-corrected chi connectivity index (χ4v) is 2.03. The number of nitrogens with zero attached hydrogens (tertiary/aromatic N) is 1. The number of aromatic nitrogens is 1. The van der Waals surface area contributed by atoms with E-state index in [1.807, 2.05) is 38.1 Å². The molecule has 2 aromatic rings. The quantitative estimate of drug-likeness (QED) is 0.808. The Balaban J connectivity index is 1.88. The van der Waals surface area contributed by atoms with E-state index in [0.29, 0.717) is 26.1 Å². The van der Waals surface area contributed by atoms with Crippen LogP contribution in [0.1, 0.15) is 22.6 Å². The van der Waals surface area contributed by atoms with E-state index in [1.165, 1.54) is 0 Å². The molecular formula is C16H21N3O3. The number of nitrogens with two attached hydrogens (primary N) is 1. The first-order chi connectivity index (χ1) is 10.6. The molecule has 0 atom stereocenters. The molecule has 0 aliphatic carbocycles. The molecule has 0 aliphatic rings. The molecule has 0 saturated heterocycles. The summed E-state index contributed by atoms with van der Waals surface area (Å²) in [5, 5.41) is 6.63. The first-order valence-corrected chi connectivity index (χ1v) is 7.20. The molecule has 1 aromatic carbocycles. The van der Waals surface area contributed by atoms with Crippen molar-refractivity contribution in [2.24, 2.45) is 5.73 Å². The average Bonchev–Trinajstić information content (AvgIpc) is 2.83. The van der Waals surface area contributed by atoms with Crippen LogP contribution in [0.2, 0.25) is 0 Å². The molecule has 0 spiro atoms. The van der Waals surface area contributed by atoms with Gasteiger partial charge in [0.15, 0.2) is 0 Å². The molecule has 118 valence electrons. The van der Waals surface area contributed by atoms with Crippen molar-refractivity contribution in [3.8, 4) is 5.75 Å². The number of hydrogen-bond donors (Lipinski definition) is 2. The van der Waals surface area contributed by atoms with E-state index in [9.17, 15) is 4.79 Å². The van der Waals surface area contributed by atoms with Gasteiger partial charge in [0.2, 0.25) is 5.91 Å². The van der Waals surface area contributed by atoms with Crippen LogP contribution in [0.5, 0.6) is 5.75 Å². The highest BCUT2D eigenvalue weighted by molar-refractivity contribution is 5.78. The van der Waals surface area contributed by atoms with E-state index >= 15 is 0 Å². The molecule has 1 amide bonds. The summed E-state index contributed by atoms with van der Waals surface area (Å²) in [7, 11) is 0. The van der Waals surface area contributed by atoms with E-state index in [4.69, 9.17) is 15.0 Å². The maximum absolute atomic E-state index is 11.6. The van der Waals surface area contributed by atoms with Gasteiger partial charge in [-0.25, -0.2) is 0 Å². The SMILES string of the molecule is Cc1noc(C)c1COc1ccc(CC(=O)NCCN)cc1. The van der Waals surface area contributed by atoms with E-state index in [-0.39, 0.29) is 5.91 Å². The molecule has 0 unspecified atom stereocenters. The van der Waals surface area contributed by atoms with E-state index < -0.39 is 0 Å². The minimum Gasteiger partial charge on any atom is -0.489 e. The lowest BCUT2D eigenvalue weighted by Crippen LogP contribution is -2.30. The first kappa shape index (κ1) is 16.0. The summed E-state index contributed by atoms with van der Waals surface area (Å²) in [5.41, 5.74) is 8.07. The molecule has 0 saturated carbocycles. The van der Waals surface area contributed by atoms with Crippen LogP contribution in [0.3, 0.4) is 0 Å². The topological polar surface area (TPSA) is 90.4 Å². The standard InChI is InChI=1S/C16H21N3O3/c1-11-15(12(2)22-19-11)10-21-14-5-3-13(4-6-14)9-16(20)18-8-7-17/h3-6H,7-10,17H2,1-2H3,(H,18,20). The molecule has 0 radical (unpaired) electrons. The van der Waals surface area contributed by atoms with Gasteiger partial charge in [-0.05, 0) is 31.5 Å². The maximum Gasteiger partial charge on any atom is 0.224 e. The molecule has 1 heterocycles. The fourth-order valence-electron chi connectivity index (χ4n) is 2.03. The lowest BCUT2D eigenvalue weighted by molar-refractivity contribution is -0.120. The maximum atomic E-state index is 11.6. The Bertz CT molecular complexity index is 601. The normalized spacial score (nSPS) is 10.5. The van der Waals surface area contributed by atoms with E-state index in [1.54, 1.807) is 0 Å². The zero-order chi connectivity index (χ0) is 15.9. The molecule has 0 aliphatic heterocycles. The first-order valence-electron chi connectivity index (χ1n) is 7.20. The third-order valence-electron chi connectivity index (χ3n) is 3.32. The Labute approximate surface area is 129 Å². The van der Waals surface area contributed by atoms with Gasteiger partial charge in [-0.2, -0.15) is 0 Å². The summed E-state index contributed by atoms with van der Waals surface area (Å²) in [6, 6.07) is 7.46. The van der Waals surface area contributed by atoms with Crippen molar-refractivity contribution in [3.05, 3.63) is 46.8 Å². The van der Waals surface area contributed by atoms with Gasteiger partial charge in [-0.1, -0.05) is 17.3 Å². The van der Waals surface area contributed by atoms with Crippen molar-refractivity contribution in [3.63, 3.8) is 0 Å². The minimum absolute atomic E-state index is 0.0326. The highest BCUT2D eigenvalue weighted by Crippen LogP contribution is 2.18. The van der Waals surface area contributed by atoms with Crippen molar-refractivity contribution in [1.29, 1.82) is 0 Å². The zero-order valence-corrected chi connectivity index (χ0v) is 12.9. The Morgan fingerprint density at radius 2 is 2.05 bits per heavy atom. The monoisotopic (exact) mass is 303 g/mol. The predicted octanol–water partition coefficient (Wildman–Crippen LogP) is 1.49. The Morgan fingerprint density at radius 1 is 1.32 bits per heavy atom. The molecule has 6 nitrogen and oxygen atoms in total. The molecule has 3 N–H and O–H groups in total. The summed E-state index contributed by atoms with van der Waals surface area (Å²) in [4.78, 5) is 11.6. The largest absolute Gasteiger partial charge is 0.489 e. The summed E-state index contributed by atoms with van der Waals surface area (Å²) >= 11 is 0. The summed E-state index contributed by atoms with van der Waals surface area (Å²) in [6.07, 6.45) is 0.337. The van der Waals surface area contributed by atoms with Crippen LogP contribution in [0, 0.1) is 13.8 Å².